The van der Waals surface area contributed by atoms with Crippen LogP contribution in [0.3, 0.4) is 0 Å². The van der Waals surface area contributed by atoms with Gasteiger partial charge in [-0.2, -0.15) is 0 Å². The van der Waals surface area contributed by atoms with E-state index >= 15 is 0 Å². The van der Waals surface area contributed by atoms with Crippen molar-refractivity contribution in [1.82, 2.24) is 10.2 Å². The summed E-state index contributed by atoms with van der Waals surface area (Å²) in [6, 6.07) is 5.97. The zero-order valence-corrected chi connectivity index (χ0v) is 14.9. The van der Waals surface area contributed by atoms with Crippen molar-refractivity contribution in [3.8, 4) is 0 Å². The maximum atomic E-state index is 6.08. The van der Waals surface area contributed by atoms with Crippen LogP contribution in [0.25, 0.3) is 0 Å². The van der Waals surface area contributed by atoms with E-state index in [4.69, 9.17) is 11.6 Å². The number of hydrogen-bond donors (Lipinski definition) is 1. The molecule has 1 N–H and O–H groups in total. The van der Waals surface area contributed by atoms with Gasteiger partial charge in [0.2, 0.25) is 0 Å². The third-order valence-electron chi connectivity index (χ3n) is 5.30. The highest BCUT2D eigenvalue weighted by Crippen LogP contribution is 2.37. The molecule has 1 aliphatic carbocycles. The molecule has 2 aliphatic rings. The molecular weight excluding hydrogens is 300 g/mol. The maximum Gasteiger partial charge on any atom is 0.0931 e. The summed E-state index contributed by atoms with van der Waals surface area (Å²) in [5, 5.41) is 3.94. The lowest BCUT2D eigenvalue weighted by molar-refractivity contribution is 0.0258. The van der Waals surface area contributed by atoms with E-state index in [0.717, 1.165) is 16.2 Å². The molecule has 0 aromatic carbocycles. The van der Waals surface area contributed by atoms with Gasteiger partial charge in [0.15, 0.2) is 0 Å². The third kappa shape index (κ3) is 3.47. The Labute approximate surface area is 137 Å². The summed E-state index contributed by atoms with van der Waals surface area (Å²) in [5.74, 6) is 1.63. The Balaban J connectivity index is 1.68. The van der Waals surface area contributed by atoms with Crippen LogP contribution in [0.15, 0.2) is 12.1 Å². The van der Waals surface area contributed by atoms with Crippen molar-refractivity contribution in [2.75, 3.05) is 13.1 Å². The molecule has 21 heavy (non-hydrogen) atoms. The average Bonchev–Trinajstić information content (AvgIpc) is 2.84. The number of thiophene rings is 1. The summed E-state index contributed by atoms with van der Waals surface area (Å²) in [7, 11) is 0. The molecule has 2 heterocycles. The second-order valence-electron chi connectivity index (χ2n) is 7.05. The minimum atomic E-state index is 0.418. The van der Waals surface area contributed by atoms with Gasteiger partial charge in [-0.25, -0.2) is 0 Å². The van der Waals surface area contributed by atoms with Crippen LogP contribution in [-0.2, 0) is 0 Å². The second kappa shape index (κ2) is 6.57. The molecule has 0 radical (unpaired) electrons. The molecular formula is C17H27ClN2S. The number of nitrogens with zero attached hydrogens (tertiary/aromatic N) is 1. The lowest BCUT2D eigenvalue weighted by Gasteiger charge is -2.49. The van der Waals surface area contributed by atoms with Gasteiger partial charge in [-0.05, 0) is 57.6 Å². The minimum absolute atomic E-state index is 0.418. The Morgan fingerprint density at radius 1 is 1.19 bits per heavy atom. The van der Waals surface area contributed by atoms with E-state index in [2.05, 4.69) is 37.1 Å². The lowest BCUT2D eigenvalue weighted by atomic mass is 9.73. The van der Waals surface area contributed by atoms with Gasteiger partial charge >= 0.3 is 0 Å². The van der Waals surface area contributed by atoms with Crippen LogP contribution in [-0.4, -0.2) is 30.1 Å². The van der Waals surface area contributed by atoms with Gasteiger partial charge in [0.05, 0.1) is 4.34 Å². The fraction of sp³-hybridized carbons (Fsp3) is 0.765. The number of halogens is 1. The highest BCUT2D eigenvalue weighted by Gasteiger charge is 2.40. The Hall–Kier alpha value is -0.0900. The van der Waals surface area contributed by atoms with Crippen LogP contribution in [0, 0.1) is 11.8 Å². The topological polar surface area (TPSA) is 15.3 Å². The zero-order chi connectivity index (χ0) is 15.0. The molecule has 2 bridgehead atoms. The second-order valence-corrected chi connectivity index (χ2v) is 8.80. The fourth-order valence-electron chi connectivity index (χ4n) is 4.10. The molecule has 1 aromatic rings. The third-order valence-corrected chi connectivity index (χ3v) is 6.71. The van der Waals surface area contributed by atoms with Crippen molar-refractivity contribution < 1.29 is 0 Å². The number of likely N-dealkylation sites (tertiary alicyclic amines) is 1. The maximum absolute atomic E-state index is 6.08. The molecule has 118 valence electrons. The number of rotatable bonds is 4. The smallest absolute Gasteiger partial charge is 0.0931 e. The summed E-state index contributed by atoms with van der Waals surface area (Å²) in [6.07, 6.45) is 4.18. The number of hydrogen-bond acceptors (Lipinski definition) is 3. The van der Waals surface area contributed by atoms with E-state index in [-0.39, 0.29) is 0 Å². The lowest BCUT2D eigenvalue weighted by Crippen LogP contribution is -2.58. The number of piperidine rings is 1. The molecule has 3 unspecified atom stereocenters. The SMILES string of the molecule is CC(NC1C2CCCC1CN(C(C)C)C2)c1ccc(Cl)s1. The first kappa shape index (κ1) is 15.8. The highest BCUT2D eigenvalue weighted by atomic mass is 35.5. The van der Waals surface area contributed by atoms with Gasteiger partial charge in [-0.3, -0.25) is 0 Å². The van der Waals surface area contributed by atoms with Crippen molar-refractivity contribution in [2.24, 2.45) is 11.8 Å². The monoisotopic (exact) mass is 326 g/mol. The normalized spacial score (nSPS) is 31.6. The van der Waals surface area contributed by atoms with E-state index in [0.29, 0.717) is 18.1 Å². The van der Waals surface area contributed by atoms with Crippen LogP contribution in [0.2, 0.25) is 4.34 Å². The van der Waals surface area contributed by atoms with E-state index in [1.807, 2.05) is 6.07 Å². The van der Waals surface area contributed by atoms with Crippen molar-refractivity contribution in [3.63, 3.8) is 0 Å². The Bertz CT molecular complexity index is 459. The Morgan fingerprint density at radius 3 is 2.38 bits per heavy atom. The molecule has 2 nitrogen and oxygen atoms in total. The average molecular weight is 327 g/mol. The Morgan fingerprint density at radius 2 is 1.86 bits per heavy atom. The van der Waals surface area contributed by atoms with Crippen LogP contribution in [0.5, 0.6) is 0 Å². The quantitative estimate of drug-likeness (QED) is 0.872. The van der Waals surface area contributed by atoms with Crippen molar-refractivity contribution >= 4 is 22.9 Å². The van der Waals surface area contributed by atoms with Crippen LogP contribution < -0.4 is 5.32 Å². The molecule has 3 atom stereocenters. The molecule has 0 spiro atoms. The highest BCUT2D eigenvalue weighted by molar-refractivity contribution is 7.16. The summed E-state index contributed by atoms with van der Waals surface area (Å²) in [4.78, 5) is 4.05. The molecule has 1 saturated heterocycles. The van der Waals surface area contributed by atoms with Gasteiger partial charge in [0.1, 0.15) is 0 Å². The summed E-state index contributed by atoms with van der Waals surface area (Å²) < 4.78 is 0.897. The molecule has 0 amide bonds. The van der Waals surface area contributed by atoms with Crippen molar-refractivity contribution in [3.05, 3.63) is 21.3 Å². The predicted molar refractivity (Wildman–Crippen MR) is 92.2 cm³/mol. The summed E-state index contributed by atoms with van der Waals surface area (Å²) in [6.45, 7) is 9.49. The first-order valence-corrected chi connectivity index (χ1v) is 9.49. The molecule has 1 aliphatic heterocycles. The fourth-order valence-corrected chi connectivity index (χ4v) is 5.17. The van der Waals surface area contributed by atoms with E-state index < -0.39 is 0 Å². The van der Waals surface area contributed by atoms with Gasteiger partial charge < -0.3 is 10.2 Å². The molecule has 1 saturated carbocycles. The van der Waals surface area contributed by atoms with Crippen LogP contribution in [0.4, 0.5) is 0 Å². The molecule has 4 heteroatoms. The first-order valence-electron chi connectivity index (χ1n) is 8.30. The van der Waals surface area contributed by atoms with Crippen LogP contribution in [0.1, 0.15) is 51.0 Å². The standard InChI is InChI=1S/C17H27ClN2S/c1-11(2)20-9-13-5-4-6-14(10-20)17(13)19-12(3)15-7-8-16(18)21-15/h7-8,11-14,17,19H,4-6,9-10H2,1-3H3. The number of nitrogens with one attached hydrogen (secondary N) is 1. The number of fused-ring (bicyclic) bond motifs is 2. The van der Waals surface area contributed by atoms with Crippen molar-refractivity contribution in [1.29, 1.82) is 0 Å². The van der Waals surface area contributed by atoms with Gasteiger partial charge in [-0.1, -0.05) is 18.0 Å². The molecule has 2 fully saturated rings. The summed E-state index contributed by atoms with van der Waals surface area (Å²) in [5.41, 5.74) is 0. The molecule has 1 aromatic heterocycles. The van der Waals surface area contributed by atoms with E-state index in [1.54, 1.807) is 11.3 Å². The first-order chi connectivity index (χ1) is 10.0. The van der Waals surface area contributed by atoms with E-state index in [9.17, 15) is 0 Å². The van der Waals surface area contributed by atoms with Gasteiger partial charge in [-0.15, -0.1) is 11.3 Å². The predicted octanol–water partition coefficient (Wildman–Crippen LogP) is 4.56. The molecule has 3 rings (SSSR count). The minimum Gasteiger partial charge on any atom is -0.306 e. The van der Waals surface area contributed by atoms with Gasteiger partial charge in [0, 0.05) is 36.1 Å². The van der Waals surface area contributed by atoms with Gasteiger partial charge in [0.25, 0.3) is 0 Å². The summed E-state index contributed by atoms with van der Waals surface area (Å²) >= 11 is 7.79. The zero-order valence-electron chi connectivity index (χ0n) is 13.3. The van der Waals surface area contributed by atoms with E-state index in [1.165, 1.54) is 37.2 Å². The van der Waals surface area contributed by atoms with Crippen LogP contribution >= 0.6 is 22.9 Å². The Kier molecular flexibility index (Phi) is 4.94. The largest absolute Gasteiger partial charge is 0.306 e. The van der Waals surface area contributed by atoms with Crippen molar-refractivity contribution in [2.45, 2.75) is 58.2 Å².